The van der Waals surface area contributed by atoms with Gasteiger partial charge in [0.15, 0.2) is 0 Å². The fourth-order valence-electron chi connectivity index (χ4n) is 3.90. The van der Waals surface area contributed by atoms with Gasteiger partial charge < -0.3 is 30.6 Å². The van der Waals surface area contributed by atoms with Gasteiger partial charge in [-0.3, -0.25) is 14.5 Å². The van der Waals surface area contributed by atoms with E-state index in [1.165, 1.54) is 26.4 Å². The summed E-state index contributed by atoms with van der Waals surface area (Å²) in [7, 11) is 4.33. The van der Waals surface area contributed by atoms with Gasteiger partial charge in [0.2, 0.25) is 5.91 Å². The minimum atomic E-state index is -0.443. The number of rotatable bonds is 8. The fourth-order valence-corrected chi connectivity index (χ4v) is 4.06. The number of nitrogens with one attached hydrogen (secondary N) is 2. The molecule has 35 heavy (non-hydrogen) atoms. The SMILES string of the molecule is COC(=O)c1ccc(NC(=O)CN2CC[C@@H](NC(=O)c3cc(Cl)c(N)cc3OC)[C@@H](OC)C2)cc1. The zero-order valence-corrected chi connectivity index (χ0v) is 20.6. The van der Waals surface area contributed by atoms with Gasteiger partial charge in [-0.1, -0.05) is 11.6 Å². The predicted molar refractivity (Wildman–Crippen MR) is 132 cm³/mol. The van der Waals surface area contributed by atoms with Crippen molar-refractivity contribution in [2.75, 3.05) is 52.0 Å². The summed E-state index contributed by atoms with van der Waals surface area (Å²) < 4.78 is 15.5. The van der Waals surface area contributed by atoms with Crippen LogP contribution in [0.3, 0.4) is 0 Å². The maximum atomic E-state index is 12.9. The van der Waals surface area contributed by atoms with Crippen LogP contribution in [0.25, 0.3) is 0 Å². The number of likely N-dealkylation sites (tertiary alicyclic amines) is 1. The van der Waals surface area contributed by atoms with Gasteiger partial charge in [-0.25, -0.2) is 4.79 Å². The van der Waals surface area contributed by atoms with Crippen LogP contribution in [0.1, 0.15) is 27.1 Å². The molecule has 1 fully saturated rings. The number of benzene rings is 2. The number of amides is 2. The molecular weight excluding hydrogens is 476 g/mol. The third-order valence-corrected chi connectivity index (χ3v) is 6.11. The third-order valence-electron chi connectivity index (χ3n) is 5.78. The Morgan fingerprint density at radius 3 is 2.49 bits per heavy atom. The van der Waals surface area contributed by atoms with E-state index in [1.807, 2.05) is 4.90 Å². The number of nitrogens with zero attached hydrogens (tertiary/aromatic N) is 1. The van der Waals surface area contributed by atoms with Gasteiger partial charge in [-0.2, -0.15) is 0 Å². The fraction of sp³-hybridized carbons (Fsp3) is 0.375. The zero-order valence-electron chi connectivity index (χ0n) is 19.8. The van der Waals surface area contributed by atoms with Gasteiger partial charge in [0.25, 0.3) is 5.91 Å². The van der Waals surface area contributed by atoms with Crippen LogP contribution in [-0.2, 0) is 14.3 Å². The number of carbonyl (C=O) groups excluding carboxylic acids is 3. The molecule has 0 radical (unpaired) electrons. The predicted octanol–water partition coefficient (Wildman–Crippen LogP) is 2.18. The number of halogens is 1. The Labute approximate surface area is 208 Å². The third kappa shape index (κ3) is 6.62. The molecule has 11 heteroatoms. The molecule has 10 nitrogen and oxygen atoms in total. The summed E-state index contributed by atoms with van der Waals surface area (Å²) in [6.45, 7) is 1.19. The van der Waals surface area contributed by atoms with Crippen molar-refractivity contribution in [3.63, 3.8) is 0 Å². The maximum Gasteiger partial charge on any atom is 0.337 e. The second-order valence-electron chi connectivity index (χ2n) is 8.07. The molecule has 2 aromatic rings. The summed E-state index contributed by atoms with van der Waals surface area (Å²) in [4.78, 5) is 38.9. The smallest absolute Gasteiger partial charge is 0.337 e. The van der Waals surface area contributed by atoms with E-state index in [2.05, 4.69) is 15.4 Å². The highest BCUT2D eigenvalue weighted by atomic mass is 35.5. The molecule has 1 aliphatic heterocycles. The summed E-state index contributed by atoms with van der Waals surface area (Å²) in [5, 5.41) is 6.06. The molecule has 4 N–H and O–H groups in total. The Balaban J connectivity index is 1.56. The molecule has 0 bridgehead atoms. The van der Waals surface area contributed by atoms with Crippen LogP contribution in [0.4, 0.5) is 11.4 Å². The molecule has 2 aromatic carbocycles. The molecular formula is C24H29ClN4O6. The Morgan fingerprint density at radius 2 is 1.86 bits per heavy atom. The number of hydrogen-bond donors (Lipinski definition) is 3. The van der Waals surface area contributed by atoms with Gasteiger partial charge in [0.05, 0.1) is 54.7 Å². The lowest BCUT2D eigenvalue weighted by Crippen LogP contribution is -2.55. The van der Waals surface area contributed by atoms with Crippen molar-refractivity contribution in [2.24, 2.45) is 0 Å². The summed E-state index contributed by atoms with van der Waals surface area (Å²) in [6, 6.07) is 9.17. The molecule has 0 aliphatic carbocycles. The van der Waals surface area contributed by atoms with Gasteiger partial charge >= 0.3 is 5.97 Å². The number of piperidine rings is 1. The van der Waals surface area contributed by atoms with Crippen LogP contribution >= 0.6 is 11.6 Å². The van der Waals surface area contributed by atoms with Crippen molar-refractivity contribution in [1.29, 1.82) is 0 Å². The van der Waals surface area contributed by atoms with E-state index in [-0.39, 0.29) is 41.1 Å². The molecule has 0 saturated carbocycles. The van der Waals surface area contributed by atoms with E-state index in [9.17, 15) is 14.4 Å². The molecule has 2 amide bonds. The summed E-state index contributed by atoms with van der Waals surface area (Å²) in [5.74, 6) is -0.666. The Bertz CT molecular complexity index is 1080. The number of nitrogens with two attached hydrogens (primary N) is 1. The topological polar surface area (TPSA) is 132 Å². The van der Waals surface area contributed by atoms with E-state index in [1.54, 1.807) is 31.4 Å². The highest BCUT2D eigenvalue weighted by molar-refractivity contribution is 6.33. The Hall–Kier alpha value is -3.34. The maximum absolute atomic E-state index is 12.9. The molecule has 2 atom stereocenters. The monoisotopic (exact) mass is 504 g/mol. The second-order valence-corrected chi connectivity index (χ2v) is 8.48. The molecule has 0 aromatic heterocycles. The van der Waals surface area contributed by atoms with E-state index < -0.39 is 5.97 Å². The standard InChI is InChI=1S/C24H29ClN4O6/c1-33-20-11-18(26)17(25)10-16(20)23(31)28-19-8-9-29(12-21(19)34-2)13-22(30)27-15-6-4-14(5-7-15)24(32)35-3/h4-7,10-11,19,21H,8-9,12-13,26H2,1-3H3,(H,27,30)(H,28,31)/t19-,21+/m1/s1. The lowest BCUT2D eigenvalue weighted by Gasteiger charge is -2.37. The van der Waals surface area contributed by atoms with Gasteiger partial charge in [0, 0.05) is 32.0 Å². The van der Waals surface area contributed by atoms with E-state index >= 15 is 0 Å². The van der Waals surface area contributed by atoms with Gasteiger partial charge in [-0.15, -0.1) is 0 Å². The number of anilines is 2. The number of carbonyl (C=O) groups is 3. The number of hydrogen-bond acceptors (Lipinski definition) is 8. The first kappa shape index (κ1) is 26.3. The molecule has 1 heterocycles. The second kappa shape index (κ2) is 11.9. The summed E-state index contributed by atoms with van der Waals surface area (Å²) >= 11 is 6.09. The van der Waals surface area contributed by atoms with Crippen LogP contribution in [0, 0.1) is 0 Å². The first-order valence-electron chi connectivity index (χ1n) is 10.9. The molecule has 3 rings (SSSR count). The zero-order chi connectivity index (χ0) is 25.5. The van der Waals surface area contributed by atoms with Gasteiger partial charge in [-0.05, 0) is 36.8 Å². The van der Waals surface area contributed by atoms with Crippen LogP contribution in [-0.4, -0.2) is 75.8 Å². The highest BCUT2D eigenvalue weighted by Crippen LogP contribution is 2.29. The van der Waals surface area contributed by atoms with Crippen LogP contribution in [0.5, 0.6) is 5.75 Å². The molecule has 1 aliphatic rings. The quantitative estimate of drug-likeness (QED) is 0.368. The van der Waals surface area contributed by atoms with Crippen molar-refractivity contribution < 1.29 is 28.6 Å². The Kier molecular flexibility index (Phi) is 8.91. The lowest BCUT2D eigenvalue weighted by atomic mass is 10.0. The first-order valence-corrected chi connectivity index (χ1v) is 11.3. The Morgan fingerprint density at radius 1 is 1.14 bits per heavy atom. The summed E-state index contributed by atoms with van der Waals surface area (Å²) in [5.41, 5.74) is 7.37. The van der Waals surface area contributed by atoms with Gasteiger partial charge in [0.1, 0.15) is 5.75 Å². The van der Waals surface area contributed by atoms with Crippen molar-refractivity contribution in [3.8, 4) is 5.75 Å². The average Bonchev–Trinajstić information content (AvgIpc) is 2.86. The first-order chi connectivity index (χ1) is 16.7. The van der Waals surface area contributed by atoms with E-state index in [0.717, 1.165) is 0 Å². The molecule has 0 unspecified atom stereocenters. The minimum absolute atomic E-state index is 0.153. The van der Waals surface area contributed by atoms with Crippen LogP contribution < -0.4 is 21.1 Å². The van der Waals surface area contributed by atoms with Crippen LogP contribution in [0.15, 0.2) is 36.4 Å². The van der Waals surface area contributed by atoms with Crippen molar-refractivity contribution in [3.05, 3.63) is 52.5 Å². The normalized spacial score (nSPS) is 17.9. The highest BCUT2D eigenvalue weighted by Gasteiger charge is 2.32. The average molecular weight is 505 g/mol. The molecule has 188 valence electrons. The van der Waals surface area contributed by atoms with Crippen molar-refractivity contribution >= 4 is 40.8 Å². The minimum Gasteiger partial charge on any atom is -0.496 e. The van der Waals surface area contributed by atoms with Crippen molar-refractivity contribution in [2.45, 2.75) is 18.6 Å². The van der Waals surface area contributed by atoms with E-state index in [4.69, 9.17) is 26.8 Å². The van der Waals surface area contributed by atoms with Crippen LogP contribution in [0.2, 0.25) is 5.02 Å². The number of nitrogen functional groups attached to an aromatic ring is 1. The van der Waals surface area contributed by atoms with Crippen molar-refractivity contribution in [1.82, 2.24) is 10.2 Å². The number of methoxy groups -OCH3 is 3. The summed E-state index contributed by atoms with van der Waals surface area (Å²) in [6.07, 6.45) is 0.256. The number of esters is 1. The largest absolute Gasteiger partial charge is 0.496 e. The molecule has 1 saturated heterocycles. The lowest BCUT2D eigenvalue weighted by molar-refractivity contribution is -0.118. The number of ether oxygens (including phenoxy) is 3. The van der Waals surface area contributed by atoms with E-state index in [0.29, 0.717) is 42.2 Å². The molecule has 0 spiro atoms.